The average Bonchev–Trinajstić information content (AvgIpc) is 2.95. The number of piperazine rings is 1. The third-order valence-corrected chi connectivity index (χ3v) is 9.44. The Labute approximate surface area is 237 Å². The molecule has 0 unspecified atom stereocenters. The number of amides is 1. The van der Waals surface area contributed by atoms with E-state index in [0.29, 0.717) is 65.2 Å². The summed E-state index contributed by atoms with van der Waals surface area (Å²) in [6.07, 6.45) is 1.58. The number of benzene rings is 3. The molecule has 3 aromatic carbocycles. The Morgan fingerprint density at radius 2 is 1.72 bits per heavy atom. The SMILES string of the molecule is COc1cc(CS(=O)(=O)c2cccc3cccnc23)ccc1C(=O)N1CCN(Cc2cccc(Cl)c2Cl)CC1. The Balaban J connectivity index is 1.28. The molecule has 1 aliphatic heterocycles. The smallest absolute Gasteiger partial charge is 0.257 e. The van der Waals surface area contributed by atoms with E-state index in [2.05, 4.69) is 9.88 Å². The normalized spacial score (nSPS) is 14.5. The highest BCUT2D eigenvalue weighted by molar-refractivity contribution is 7.90. The molecule has 0 spiro atoms. The van der Waals surface area contributed by atoms with E-state index in [4.69, 9.17) is 27.9 Å². The Hall–Kier alpha value is -3.17. The highest BCUT2D eigenvalue weighted by Crippen LogP contribution is 2.29. The lowest BCUT2D eigenvalue weighted by Gasteiger charge is -2.35. The van der Waals surface area contributed by atoms with E-state index in [1.54, 1.807) is 53.6 Å². The summed E-state index contributed by atoms with van der Waals surface area (Å²) in [5, 5.41) is 1.84. The van der Waals surface area contributed by atoms with Crippen LogP contribution in [0.15, 0.2) is 77.8 Å². The Kier molecular flexibility index (Phi) is 8.09. The van der Waals surface area contributed by atoms with Gasteiger partial charge in [-0.1, -0.05) is 59.6 Å². The minimum absolute atomic E-state index is 0.153. The Bertz CT molecular complexity index is 1630. The van der Waals surface area contributed by atoms with Crippen molar-refractivity contribution in [3.63, 3.8) is 0 Å². The fraction of sp³-hybridized carbons (Fsp3) is 0.241. The summed E-state index contributed by atoms with van der Waals surface area (Å²) in [4.78, 5) is 21.8. The number of methoxy groups -OCH3 is 1. The molecule has 0 N–H and O–H groups in total. The number of pyridine rings is 1. The summed E-state index contributed by atoms with van der Waals surface area (Å²) in [5.74, 6) is -0.0463. The number of ether oxygens (including phenoxy) is 1. The first-order valence-electron chi connectivity index (χ1n) is 12.4. The number of hydrogen-bond acceptors (Lipinski definition) is 6. The van der Waals surface area contributed by atoms with Gasteiger partial charge < -0.3 is 9.64 Å². The quantitative estimate of drug-likeness (QED) is 0.286. The van der Waals surface area contributed by atoms with Crippen LogP contribution in [0.5, 0.6) is 5.75 Å². The third-order valence-electron chi connectivity index (χ3n) is 6.87. The monoisotopic (exact) mass is 583 g/mol. The molecule has 0 aliphatic carbocycles. The molecular weight excluding hydrogens is 557 g/mol. The van der Waals surface area contributed by atoms with Crippen LogP contribution in [0.25, 0.3) is 10.9 Å². The first-order chi connectivity index (χ1) is 18.8. The maximum Gasteiger partial charge on any atom is 0.257 e. The summed E-state index contributed by atoms with van der Waals surface area (Å²) in [6, 6.07) is 19.2. The Morgan fingerprint density at radius 3 is 2.49 bits per heavy atom. The fourth-order valence-corrected chi connectivity index (χ4v) is 6.72. The van der Waals surface area contributed by atoms with Crippen molar-refractivity contribution in [2.75, 3.05) is 33.3 Å². The van der Waals surface area contributed by atoms with Crippen LogP contribution in [-0.2, 0) is 22.1 Å². The molecule has 1 aliphatic rings. The lowest BCUT2D eigenvalue weighted by atomic mass is 10.1. The van der Waals surface area contributed by atoms with E-state index < -0.39 is 9.84 Å². The van der Waals surface area contributed by atoms with Gasteiger partial charge in [0.2, 0.25) is 0 Å². The summed E-state index contributed by atoms with van der Waals surface area (Å²) >= 11 is 12.5. The standard InChI is InChI=1S/C29H27Cl2N3O4S/c1-38-25-17-20(19-39(36,37)26-9-3-5-21-7-4-12-32-28(21)26)10-11-23(25)29(35)34-15-13-33(14-16-34)18-22-6-2-8-24(30)27(22)31/h2-12,17H,13-16,18-19H2,1H3. The van der Waals surface area contributed by atoms with Crippen molar-refractivity contribution >= 4 is 49.8 Å². The summed E-state index contributed by atoms with van der Waals surface area (Å²) in [6.45, 7) is 3.12. The van der Waals surface area contributed by atoms with E-state index >= 15 is 0 Å². The van der Waals surface area contributed by atoms with Crippen LogP contribution in [0.4, 0.5) is 0 Å². The van der Waals surface area contributed by atoms with Crippen LogP contribution in [0, 0.1) is 0 Å². The van der Waals surface area contributed by atoms with Crippen LogP contribution < -0.4 is 4.74 Å². The maximum atomic E-state index is 13.4. The zero-order valence-corrected chi connectivity index (χ0v) is 23.6. The van der Waals surface area contributed by atoms with Crippen LogP contribution in [0.2, 0.25) is 10.0 Å². The van der Waals surface area contributed by atoms with Gasteiger partial charge in [0.1, 0.15) is 5.75 Å². The molecular formula is C29H27Cl2N3O4S. The van der Waals surface area contributed by atoms with Gasteiger partial charge in [-0.25, -0.2) is 8.42 Å². The lowest BCUT2D eigenvalue weighted by Crippen LogP contribution is -2.48. The minimum atomic E-state index is -3.69. The van der Waals surface area contributed by atoms with Gasteiger partial charge in [-0.05, 0) is 41.5 Å². The molecule has 202 valence electrons. The second-order valence-corrected chi connectivity index (χ2v) is 12.1. The van der Waals surface area contributed by atoms with E-state index in [9.17, 15) is 13.2 Å². The lowest BCUT2D eigenvalue weighted by molar-refractivity contribution is 0.0625. The first-order valence-corrected chi connectivity index (χ1v) is 14.9. The number of rotatable bonds is 7. The molecule has 2 heterocycles. The van der Waals surface area contributed by atoms with E-state index in [1.807, 2.05) is 24.3 Å². The molecule has 7 nitrogen and oxygen atoms in total. The van der Waals surface area contributed by atoms with Crippen molar-refractivity contribution in [3.05, 3.63) is 99.7 Å². The van der Waals surface area contributed by atoms with Crippen molar-refractivity contribution < 1.29 is 17.9 Å². The average molecular weight is 585 g/mol. The second-order valence-electron chi connectivity index (χ2n) is 9.41. The van der Waals surface area contributed by atoms with E-state index in [0.717, 1.165) is 10.9 Å². The van der Waals surface area contributed by atoms with E-state index in [-0.39, 0.29) is 16.6 Å². The number of halogens is 2. The number of para-hydroxylation sites is 1. The number of carbonyl (C=O) groups is 1. The van der Waals surface area contributed by atoms with Crippen LogP contribution >= 0.6 is 23.2 Å². The van der Waals surface area contributed by atoms with Gasteiger partial charge in [0.05, 0.1) is 38.9 Å². The molecule has 0 saturated carbocycles. The van der Waals surface area contributed by atoms with Crippen molar-refractivity contribution in [2.24, 2.45) is 0 Å². The van der Waals surface area contributed by atoms with Crippen LogP contribution in [0.1, 0.15) is 21.5 Å². The molecule has 1 aromatic heterocycles. The molecule has 1 saturated heterocycles. The molecule has 5 rings (SSSR count). The number of carbonyl (C=O) groups excluding carboxylic acids is 1. The van der Waals surface area contributed by atoms with Gasteiger partial charge in [-0.3, -0.25) is 14.7 Å². The summed E-state index contributed by atoms with van der Waals surface area (Å²) in [7, 11) is -2.22. The van der Waals surface area contributed by atoms with Crippen LogP contribution in [0.3, 0.4) is 0 Å². The molecule has 1 fully saturated rings. The molecule has 4 aromatic rings. The number of fused-ring (bicyclic) bond motifs is 1. The topological polar surface area (TPSA) is 79.8 Å². The van der Waals surface area contributed by atoms with E-state index in [1.165, 1.54) is 7.11 Å². The van der Waals surface area contributed by atoms with Crippen molar-refractivity contribution in [2.45, 2.75) is 17.2 Å². The van der Waals surface area contributed by atoms with Gasteiger partial charge in [-0.15, -0.1) is 0 Å². The molecule has 0 radical (unpaired) electrons. The fourth-order valence-electron chi connectivity index (χ4n) is 4.82. The maximum absolute atomic E-state index is 13.4. The predicted octanol–water partition coefficient (Wildman–Crippen LogP) is 5.48. The molecule has 39 heavy (non-hydrogen) atoms. The second kappa shape index (κ2) is 11.5. The summed E-state index contributed by atoms with van der Waals surface area (Å²) < 4.78 is 32.1. The molecule has 10 heteroatoms. The van der Waals surface area contributed by atoms with Crippen LogP contribution in [-0.4, -0.2) is 62.4 Å². The molecule has 1 amide bonds. The zero-order valence-electron chi connectivity index (χ0n) is 21.3. The Morgan fingerprint density at radius 1 is 0.974 bits per heavy atom. The van der Waals surface area contributed by atoms with Crippen molar-refractivity contribution in [1.29, 1.82) is 0 Å². The van der Waals surface area contributed by atoms with Gasteiger partial charge in [0.15, 0.2) is 9.84 Å². The van der Waals surface area contributed by atoms with Gasteiger partial charge in [0, 0.05) is 44.3 Å². The number of sulfone groups is 1. The highest BCUT2D eigenvalue weighted by Gasteiger charge is 2.26. The predicted molar refractivity (Wildman–Crippen MR) is 153 cm³/mol. The number of aromatic nitrogens is 1. The van der Waals surface area contributed by atoms with Gasteiger partial charge in [0.25, 0.3) is 5.91 Å². The molecule has 0 atom stereocenters. The van der Waals surface area contributed by atoms with Gasteiger partial charge >= 0.3 is 0 Å². The first kappa shape index (κ1) is 27.4. The van der Waals surface area contributed by atoms with Crippen molar-refractivity contribution in [3.8, 4) is 5.75 Å². The molecule has 0 bridgehead atoms. The number of hydrogen-bond donors (Lipinski definition) is 0. The van der Waals surface area contributed by atoms with Gasteiger partial charge in [-0.2, -0.15) is 0 Å². The van der Waals surface area contributed by atoms with Crippen molar-refractivity contribution in [1.82, 2.24) is 14.8 Å². The largest absolute Gasteiger partial charge is 0.496 e. The zero-order chi connectivity index (χ0) is 27.6. The minimum Gasteiger partial charge on any atom is -0.496 e. The third kappa shape index (κ3) is 5.89. The number of nitrogens with zero attached hydrogens (tertiary/aromatic N) is 3. The highest BCUT2D eigenvalue weighted by atomic mass is 35.5. The summed E-state index contributed by atoms with van der Waals surface area (Å²) in [5.41, 5.74) is 2.32.